The predicted molar refractivity (Wildman–Crippen MR) is 29.7 cm³/mol. The normalized spacial score (nSPS) is 22.6. The van der Waals surface area contributed by atoms with Gasteiger partial charge in [-0.2, -0.15) is 0 Å². The quantitative estimate of drug-likeness (QED) is 0.346. The Morgan fingerprint density at radius 1 is 1.30 bits per heavy atom. The maximum absolute atomic E-state index is 8.64. The SMILES string of the molecule is OC1=COC(O)(O)C(O)=C1. The molecule has 1 rings (SSSR count). The van der Waals surface area contributed by atoms with Crippen molar-refractivity contribution < 1.29 is 25.2 Å². The van der Waals surface area contributed by atoms with E-state index in [0.717, 1.165) is 6.08 Å². The summed E-state index contributed by atoms with van der Waals surface area (Å²) in [6.07, 6.45) is 1.48. The first-order valence-corrected chi connectivity index (χ1v) is 2.45. The van der Waals surface area contributed by atoms with Gasteiger partial charge in [-0.15, -0.1) is 0 Å². The van der Waals surface area contributed by atoms with Crippen molar-refractivity contribution in [2.75, 3.05) is 0 Å². The van der Waals surface area contributed by atoms with Crippen molar-refractivity contribution in [3.8, 4) is 0 Å². The molecule has 1 heterocycles. The minimum Gasteiger partial charge on any atom is -0.505 e. The highest BCUT2D eigenvalue weighted by molar-refractivity contribution is 5.18. The summed E-state index contributed by atoms with van der Waals surface area (Å²) in [5.41, 5.74) is 0. The van der Waals surface area contributed by atoms with Crippen LogP contribution in [0.1, 0.15) is 0 Å². The largest absolute Gasteiger partial charge is 0.505 e. The molecule has 1 aliphatic heterocycles. The number of hydrogen-bond donors (Lipinski definition) is 4. The zero-order valence-electron chi connectivity index (χ0n) is 4.85. The van der Waals surface area contributed by atoms with Crippen molar-refractivity contribution in [3.63, 3.8) is 0 Å². The van der Waals surface area contributed by atoms with E-state index >= 15 is 0 Å². The molecule has 1 aliphatic rings. The lowest BCUT2D eigenvalue weighted by Crippen LogP contribution is -2.34. The van der Waals surface area contributed by atoms with E-state index in [0.29, 0.717) is 6.26 Å². The smallest absolute Gasteiger partial charge is 0.384 e. The first kappa shape index (κ1) is 6.91. The lowest BCUT2D eigenvalue weighted by atomic mass is 10.3. The number of aliphatic hydroxyl groups excluding tert-OH is 2. The number of rotatable bonds is 0. The summed E-state index contributed by atoms with van der Waals surface area (Å²) in [5.74, 6) is -3.93. The van der Waals surface area contributed by atoms with Crippen LogP contribution in [0.5, 0.6) is 0 Å². The second kappa shape index (κ2) is 1.89. The summed E-state index contributed by atoms with van der Waals surface area (Å²) in [6, 6.07) is 0. The molecule has 0 atom stereocenters. The average molecular weight is 146 g/mol. The Bertz CT molecular complexity index is 202. The van der Waals surface area contributed by atoms with Crippen molar-refractivity contribution in [1.82, 2.24) is 0 Å². The van der Waals surface area contributed by atoms with Crippen molar-refractivity contribution in [3.05, 3.63) is 23.9 Å². The van der Waals surface area contributed by atoms with Crippen LogP contribution in [0.4, 0.5) is 0 Å². The topological polar surface area (TPSA) is 90.2 Å². The number of allylic oxidation sites excluding steroid dienone is 1. The summed E-state index contributed by atoms with van der Waals surface area (Å²) in [6.45, 7) is 0. The Balaban J connectivity index is 2.88. The first-order chi connectivity index (χ1) is 4.52. The van der Waals surface area contributed by atoms with E-state index in [4.69, 9.17) is 20.4 Å². The van der Waals surface area contributed by atoms with E-state index in [9.17, 15) is 0 Å². The summed E-state index contributed by atoms with van der Waals surface area (Å²) in [4.78, 5) is 0. The highest BCUT2D eigenvalue weighted by Gasteiger charge is 2.33. The second-order valence-electron chi connectivity index (χ2n) is 1.80. The standard InChI is InChI=1S/C5H6O5/c6-3-1-4(7)5(8,9)10-2-3/h1-2,6-9H. The van der Waals surface area contributed by atoms with E-state index in [1.807, 2.05) is 0 Å². The fourth-order valence-corrected chi connectivity index (χ4v) is 0.471. The molecule has 5 heteroatoms. The molecule has 56 valence electrons. The van der Waals surface area contributed by atoms with Gasteiger partial charge in [-0.05, 0) is 0 Å². The maximum Gasteiger partial charge on any atom is 0.384 e. The van der Waals surface area contributed by atoms with Gasteiger partial charge in [0.25, 0.3) is 0 Å². The molecule has 0 spiro atoms. The third-order valence-electron chi connectivity index (χ3n) is 0.962. The van der Waals surface area contributed by atoms with Crippen LogP contribution in [0, 0.1) is 0 Å². The fraction of sp³-hybridized carbons (Fsp3) is 0.200. The summed E-state index contributed by atoms with van der Waals surface area (Å²) in [5, 5.41) is 34.5. The Morgan fingerprint density at radius 2 is 1.90 bits per heavy atom. The van der Waals surface area contributed by atoms with Gasteiger partial charge in [-0.25, -0.2) is 0 Å². The molecule has 0 bridgehead atoms. The zero-order chi connectivity index (χ0) is 7.78. The molecule has 0 unspecified atom stereocenters. The van der Waals surface area contributed by atoms with Gasteiger partial charge in [0.05, 0.1) is 0 Å². The number of hydrogen-bond acceptors (Lipinski definition) is 5. The molecule has 0 fully saturated rings. The van der Waals surface area contributed by atoms with Gasteiger partial charge in [-0.3, -0.25) is 0 Å². The molecule has 0 radical (unpaired) electrons. The van der Waals surface area contributed by atoms with Gasteiger partial charge < -0.3 is 25.2 Å². The van der Waals surface area contributed by atoms with Crippen LogP contribution in [0.15, 0.2) is 23.9 Å². The second-order valence-corrected chi connectivity index (χ2v) is 1.80. The molecule has 5 nitrogen and oxygen atoms in total. The lowest BCUT2D eigenvalue weighted by Gasteiger charge is -2.21. The van der Waals surface area contributed by atoms with Gasteiger partial charge >= 0.3 is 5.97 Å². The van der Waals surface area contributed by atoms with Crippen molar-refractivity contribution in [1.29, 1.82) is 0 Å². The van der Waals surface area contributed by atoms with Crippen LogP contribution < -0.4 is 0 Å². The molecule has 0 saturated carbocycles. The molecular formula is C5H6O5. The minimum absolute atomic E-state index is 0.378. The molecule has 0 aliphatic carbocycles. The van der Waals surface area contributed by atoms with Crippen molar-refractivity contribution >= 4 is 0 Å². The van der Waals surface area contributed by atoms with Gasteiger partial charge in [0.15, 0.2) is 11.5 Å². The Morgan fingerprint density at radius 3 is 2.30 bits per heavy atom. The Kier molecular flexibility index (Phi) is 1.31. The molecule has 10 heavy (non-hydrogen) atoms. The minimum atomic E-state index is -2.70. The summed E-state index contributed by atoms with van der Waals surface area (Å²) < 4.78 is 4.07. The first-order valence-electron chi connectivity index (χ1n) is 2.45. The summed E-state index contributed by atoms with van der Waals surface area (Å²) in [7, 11) is 0. The fourth-order valence-electron chi connectivity index (χ4n) is 0.471. The van der Waals surface area contributed by atoms with E-state index in [2.05, 4.69) is 4.74 Å². The van der Waals surface area contributed by atoms with Gasteiger partial charge in [0.1, 0.15) is 6.26 Å². The predicted octanol–water partition coefficient (Wildman–Crippen LogP) is -0.504. The van der Waals surface area contributed by atoms with Crippen LogP contribution in [0.25, 0.3) is 0 Å². The van der Waals surface area contributed by atoms with Gasteiger partial charge in [0, 0.05) is 6.08 Å². The van der Waals surface area contributed by atoms with Crippen LogP contribution in [-0.2, 0) is 4.74 Å². The molecular weight excluding hydrogens is 140 g/mol. The maximum atomic E-state index is 8.64. The molecule has 0 aromatic carbocycles. The Labute approximate surface area is 56.1 Å². The number of aliphatic hydroxyl groups is 4. The molecule has 0 aromatic heterocycles. The van der Waals surface area contributed by atoms with Gasteiger partial charge in [0.2, 0.25) is 0 Å². The van der Waals surface area contributed by atoms with Crippen LogP contribution in [0.2, 0.25) is 0 Å². The van der Waals surface area contributed by atoms with E-state index < -0.39 is 11.7 Å². The number of ether oxygens (including phenoxy) is 1. The van der Waals surface area contributed by atoms with Crippen molar-refractivity contribution in [2.45, 2.75) is 5.97 Å². The molecule has 0 saturated heterocycles. The summed E-state index contributed by atoms with van der Waals surface area (Å²) >= 11 is 0. The highest BCUT2D eigenvalue weighted by atomic mass is 16.8. The van der Waals surface area contributed by atoms with E-state index in [-0.39, 0.29) is 5.76 Å². The van der Waals surface area contributed by atoms with Crippen LogP contribution in [0.3, 0.4) is 0 Å². The monoisotopic (exact) mass is 146 g/mol. The van der Waals surface area contributed by atoms with Gasteiger partial charge in [-0.1, -0.05) is 0 Å². The van der Waals surface area contributed by atoms with E-state index in [1.54, 1.807) is 0 Å². The third-order valence-corrected chi connectivity index (χ3v) is 0.962. The molecule has 0 amide bonds. The zero-order valence-corrected chi connectivity index (χ0v) is 4.85. The molecule has 4 N–H and O–H groups in total. The third kappa shape index (κ3) is 1.04. The van der Waals surface area contributed by atoms with Crippen molar-refractivity contribution in [2.24, 2.45) is 0 Å². The lowest BCUT2D eigenvalue weighted by molar-refractivity contribution is -0.304. The van der Waals surface area contributed by atoms with Crippen LogP contribution in [-0.4, -0.2) is 26.4 Å². The average Bonchev–Trinajstić information content (AvgIpc) is 1.81. The Hall–Kier alpha value is -1.20. The van der Waals surface area contributed by atoms with E-state index in [1.165, 1.54) is 0 Å². The molecule has 0 aromatic rings. The van der Waals surface area contributed by atoms with Crippen LogP contribution >= 0.6 is 0 Å². The highest BCUT2D eigenvalue weighted by Crippen LogP contribution is 2.19.